The van der Waals surface area contributed by atoms with Gasteiger partial charge in [0.25, 0.3) is 0 Å². The molecule has 172 valence electrons. The zero-order chi connectivity index (χ0) is 23.1. The first-order valence-corrected chi connectivity index (χ1v) is 12.2. The van der Waals surface area contributed by atoms with Gasteiger partial charge in [0, 0.05) is 39.8 Å². The van der Waals surface area contributed by atoms with Gasteiger partial charge in [-0.05, 0) is 67.8 Å². The van der Waals surface area contributed by atoms with E-state index in [2.05, 4.69) is 38.3 Å². The van der Waals surface area contributed by atoms with Crippen LogP contribution in [-0.2, 0) is 6.61 Å². The van der Waals surface area contributed by atoms with Gasteiger partial charge in [-0.25, -0.2) is 4.98 Å². The molecule has 3 heterocycles. The lowest BCUT2D eigenvalue weighted by atomic mass is 10.1. The average molecular weight is 492 g/mol. The molecular formula is C26H23Cl2N5O. The van der Waals surface area contributed by atoms with E-state index in [9.17, 15) is 0 Å². The number of halogens is 2. The summed E-state index contributed by atoms with van der Waals surface area (Å²) in [5.74, 6) is 1.43. The smallest absolute Gasteiger partial charge is 0.159 e. The Morgan fingerprint density at radius 2 is 1.74 bits per heavy atom. The first-order valence-electron chi connectivity index (χ1n) is 11.4. The summed E-state index contributed by atoms with van der Waals surface area (Å²) in [6.45, 7) is 2.50. The van der Waals surface area contributed by atoms with E-state index in [4.69, 9.17) is 32.9 Å². The summed E-state index contributed by atoms with van der Waals surface area (Å²) in [5, 5.41) is 9.73. The van der Waals surface area contributed by atoms with Gasteiger partial charge in [0.15, 0.2) is 5.82 Å². The molecule has 0 radical (unpaired) electrons. The number of nitrogens with one attached hydrogen (secondary N) is 2. The molecule has 0 unspecified atom stereocenters. The number of hydrogen-bond donors (Lipinski definition) is 2. The van der Waals surface area contributed by atoms with Gasteiger partial charge in [-0.15, -0.1) is 0 Å². The molecule has 0 atom stereocenters. The molecule has 6 nitrogen and oxygen atoms in total. The van der Waals surface area contributed by atoms with Crippen LogP contribution in [0.5, 0.6) is 5.75 Å². The van der Waals surface area contributed by atoms with Crippen LogP contribution in [0.3, 0.4) is 0 Å². The second-order valence-electron chi connectivity index (χ2n) is 8.60. The van der Waals surface area contributed by atoms with Crippen LogP contribution in [0.25, 0.3) is 33.5 Å². The van der Waals surface area contributed by atoms with Crippen molar-refractivity contribution in [2.75, 3.05) is 18.0 Å². The highest BCUT2D eigenvalue weighted by molar-refractivity contribution is 6.35. The Morgan fingerprint density at radius 1 is 0.912 bits per heavy atom. The molecular weight excluding hydrogens is 469 g/mol. The monoisotopic (exact) mass is 491 g/mol. The number of fused-ring (bicyclic) bond motifs is 2. The second-order valence-corrected chi connectivity index (χ2v) is 9.42. The van der Waals surface area contributed by atoms with E-state index >= 15 is 0 Å². The lowest BCUT2D eigenvalue weighted by Crippen LogP contribution is -2.29. The van der Waals surface area contributed by atoms with Crippen molar-refractivity contribution in [1.29, 1.82) is 0 Å². The van der Waals surface area contributed by atoms with Crippen molar-refractivity contribution in [3.8, 4) is 17.3 Å². The molecule has 1 saturated heterocycles. The van der Waals surface area contributed by atoms with Crippen LogP contribution < -0.4 is 9.64 Å². The third-order valence-corrected chi connectivity index (χ3v) is 7.10. The van der Waals surface area contributed by atoms with Crippen LogP contribution in [0, 0.1) is 0 Å². The van der Waals surface area contributed by atoms with E-state index in [0.29, 0.717) is 15.8 Å². The van der Waals surface area contributed by atoms with Gasteiger partial charge in [-0.3, -0.25) is 5.10 Å². The molecule has 0 spiro atoms. The van der Waals surface area contributed by atoms with Crippen molar-refractivity contribution in [3.05, 3.63) is 70.2 Å². The summed E-state index contributed by atoms with van der Waals surface area (Å²) in [6, 6.07) is 17.7. The van der Waals surface area contributed by atoms with Crippen LogP contribution in [0.2, 0.25) is 10.0 Å². The predicted octanol–water partition coefficient (Wildman–Crippen LogP) is 6.98. The molecule has 0 bridgehead atoms. The number of aromatic nitrogens is 4. The van der Waals surface area contributed by atoms with Crippen molar-refractivity contribution in [2.24, 2.45) is 0 Å². The number of hydrogen-bond acceptors (Lipinski definition) is 4. The maximum absolute atomic E-state index is 6.28. The van der Waals surface area contributed by atoms with Gasteiger partial charge in [-0.1, -0.05) is 29.3 Å². The Labute approximate surface area is 206 Å². The molecule has 0 amide bonds. The fourth-order valence-corrected chi connectivity index (χ4v) is 5.05. The Morgan fingerprint density at radius 3 is 2.56 bits per heavy atom. The van der Waals surface area contributed by atoms with Gasteiger partial charge in [-0.2, -0.15) is 5.10 Å². The van der Waals surface area contributed by atoms with Gasteiger partial charge < -0.3 is 14.6 Å². The highest BCUT2D eigenvalue weighted by Gasteiger charge is 2.16. The van der Waals surface area contributed by atoms with Gasteiger partial charge in [0.1, 0.15) is 18.1 Å². The molecule has 34 heavy (non-hydrogen) atoms. The third kappa shape index (κ3) is 3.97. The zero-order valence-electron chi connectivity index (χ0n) is 18.4. The second kappa shape index (κ2) is 8.85. The highest BCUT2D eigenvalue weighted by atomic mass is 35.5. The number of H-pyrrole nitrogens is 2. The molecule has 3 aromatic carbocycles. The van der Waals surface area contributed by atoms with E-state index in [-0.39, 0.29) is 6.61 Å². The molecule has 1 aliphatic heterocycles. The lowest BCUT2D eigenvalue weighted by molar-refractivity contribution is 0.307. The molecule has 2 N–H and O–H groups in total. The van der Waals surface area contributed by atoms with E-state index in [1.54, 1.807) is 0 Å². The molecule has 8 heteroatoms. The number of piperidine rings is 1. The summed E-state index contributed by atoms with van der Waals surface area (Å²) >= 11 is 12.6. The SMILES string of the molecule is Clc1cccc(Cl)c1COc1ccc2[nH]nc(-c3nc4ccc(N5CCCCC5)cc4[nH]3)c2c1. The fraction of sp³-hybridized carbons (Fsp3) is 0.231. The number of rotatable bonds is 5. The van der Waals surface area contributed by atoms with E-state index in [0.717, 1.165) is 52.1 Å². The van der Waals surface area contributed by atoms with Crippen LogP contribution >= 0.6 is 23.2 Å². The standard InChI is InChI=1S/C26H23Cl2N5O/c27-20-5-4-6-21(28)19(20)15-34-17-8-10-22-18(14-17)25(32-31-22)26-29-23-9-7-16(13-24(23)30-26)33-11-2-1-3-12-33/h4-10,13-14H,1-3,11-12,15H2,(H,29,30)(H,31,32). The minimum atomic E-state index is 0.279. The van der Waals surface area contributed by atoms with E-state index in [1.807, 2.05) is 36.4 Å². The summed E-state index contributed by atoms with van der Waals surface area (Å²) < 4.78 is 6.02. The van der Waals surface area contributed by atoms with Gasteiger partial charge >= 0.3 is 0 Å². The van der Waals surface area contributed by atoms with Crippen molar-refractivity contribution in [3.63, 3.8) is 0 Å². The lowest BCUT2D eigenvalue weighted by Gasteiger charge is -2.28. The van der Waals surface area contributed by atoms with Crippen LogP contribution in [0.1, 0.15) is 24.8 Å². The Bertz CT molecular complexity index is 1470. The number of imidazole rings is 1. The average Bonchev–Trinajstić information content (AvgIpc) is 3.47. The quantitative estimate of drug-likeness (QED) is 0.278. The minimum absolute atomic E-state index is 0.279. The molecule has 0 saturated carbocycles. The highest BCUT2D eigenvalue weighted by Crippen LogP contribution is 2.32. The summed E-state index contributed by atoms with van der Waals surface area (Å²) in [7, 11) is 0. The largest absolute Gasteiger partial charge is 0.489 e. The zero-order valence-corrected chi connectivity index (χ0v) is 20.0. The maximum Gasteiger partial charge on any atom is 0.159 e. The number of aromatic amines is 2. The molecule has 1 aliphatic rings. The first kappa shape index (κ1) is 21.3. The van der Waals surface area contributed by atoms with Crippen LogP contribution in [0.15, 0.2) is 54.6 Å². The normalized spacial score (nSPS) is 14.2. The fourth-order valence-electron chi connectivity index (χ4n) is 4.55. The number of anilines is 1. The molecule has 5 aromatic rings. The first-order chi connectivity index (χ1) is 16.7. The van der Waals surface area contributed by atoms with E-state index < -0.39 is 0 Å². The van der Waals surface area contributed by atoms with Gasteiger partial charge in [0.05, 0.1) is 16.6 Å². The summed E-state index contributed by atoms with van der Waals surface area (Å²) in [6.07, 6.45) is 3.81. The Hall–Kier alpha value is -3.22. The molecule has 6 rings (SSSR count). The van der Waals surface area contributed by atoms with Crippen molar-refractivity contribution < 1.29 is 4.74 Å². The van der Waals surface area contributed by atoms with Crippen molar-refractivity contribution in [1.82, 2.24) is 20.2 Å². The Balaban J connectivity index is 1.30. The van der Waals surface area contributed by atoms with E-state index in [1.165, 1.54) is 24.9 Å². The predicted molar refractivity (Wildman–Crippen MR) is 138 cm³/mol. The number of benzene rings is 3. The van der Waals surface area contributed by atoms with Crippen LogP contribution in [0.4, 0.5) is 5.69 Å². The molecule has 2 aromatic heterocycles. The minimum Gasteiger partial charge on any atom is -0.489 e. The Kier molecular flexibility index (Phi) is 5.55. The maximum atomic E-state index is 6.28. The van der Waals surface area contributed by atoms with Crippen molar-refractivity contribution >= 4 is 50.8 Å². The van der Waals surface area contributed by atoms with Crippen LogP contribution in [-0.4, -0.2) is 33.3 Å². The third-order valence-electron chi connectivity index (χ3n) is 6.39. The van der Waals surface area contributed by atoms with Crippen molar-refractivity contribution in [2.45, 2.75) is 25.9 Å². The number of nitrogens with zero attached hydrogens (tertiary/aromatic N) is 3. The van der Waals surface area contributed by atoms with Gasteiger partial charge in [0.2, 0.25) is 0 Å². The summed E-state index contributed by atoms with van der Waals surface area (Å²) in [4.78, 5) is 10.7. The summed E-state index contributed by atoms with van der Waals surface area (Å²) in [5.41, 5.74) is 5.60. The number of ether oxygens (including phenoxy) is 1. The molecule has 1 fully saturated rings. The molecule has 0 aliphatic carbocycles. The topological polar surface area (TPSA) is 69.8 Å².